The van der Waals surface area contributed by atoms with Crippen molar-refractivity contribution in [2.75, 3.05) is 11.9 Å². The van der Waals surface area contributed by atoms with Crippen LogP contribution in [0.4, 0.5) is 5.69 Å². The standard InChI is InChI=1S/C15H22N2O/c1-11-4-2-3-5-14(11)17-15(18)13-8-6-12(10-16)7-9-13/h2-5,12-13H,6-10,16H2,1H3,(H,17,18)/t12-,13-. The van der Waals surface area contributed by atoms with Crippen molar-refractivity contribution in [2.45, 2.75) is 32.6 Å². The second kappa shape index (κ2) is 6.01. The summed E-state index contributed by atoms with van der Waals surface area (Å²) < 4.78 is 0. The van der Waals surface area contributed by atoms with Gasteiger partial charge in [-0.3, -0.25) is 4.79 Å². The van der Waals surface area contributed by atoms with E-state index < -0.39 is 0 Å². The number of carbonyl (C=O) groups is 1. The molecule has 0 unspecified atom stereocenters. The summed E-state index contributed by atoms with van der Waals surface area (Å²) in [5, 5.41) is 3.04. The van der Waals surface area contributed by atoms with Gasteiger partial charge in [0, 0.05) is 11.6 Å². The van der Waals surface area contributed by atoms with Gasteiger partial charge in [0.15, 0.2) is 0 Å². The van der Waals surface area contributed by atoms with E-state index in [1.807, 2.05) is 31.2 Å². The third-order valence-electron chi connectivity index (χ3n) is 3.95. The van der Waals surface area contributed by atoms with Gasteiger partial charge >= 0.3 is 0 Å². The maximum Gasteiger partial charge on any atom is 0.227 e. The Bertz CT molecular complexity index is 409. The number of nitrogens with one attached hydrogen (secondary N) is 1. The molecule has 1 aromatic carbocycles. The minimum Gasteiger partial charge on any atom is -0.330 e. The Morgan fingerprint density at radius 2 is 1.94 bits per heavy atom. The fourth-order valence-corrected chi connectivity index (χ4v) is 2.61. The smallest absolute Gasteiger partial charge is 0.227 e. The van der Waals surface area contributed by atoms with Crippen molar-refractivity contribution in [3.05, 3.63) is 29.8 Å². The van der Waals surface area contributed by atoms with E-state index in [9.17, 15) is 4.79 Å². The summed E-state index contributed by atoms with van der Waals surface area (Å²) in [5.41, 5.74) is 7.71. The number of anilines is 1. The molecular formula is C15H22N2O. The van der Waals surface area contributed by atoms with Gasteiger partial charge in [-0.1, -0.05) is 18.2 Å². The molecule has 98 valence electrons. The monoisotopic (exact) mass is 246 g/mol. The summed E-state index contributed by atoms with van der Waals surface area (Å²) in [6.07, 6.45) is 4.11. The van der Waals surface area contributed by atoms with Gasteiger partial charge in [0.2, 0.25) is 5.91 Å². The summed E-state index contributed by atoms with van der Waals surface area (Å²) in [4.78, 5) is 12.2. The first kappa shape index (κ1) is 13.1. The van der Waals surface area contributed by atoms with Crippen molar-refractivity contribution in [3.8, 4) is 0 Å². The average molecular weight is 246 g/mol. The zero-order valence-corrected chi connectivity index (χ0v) is 11.0. The molecule has 0 spiro atoms. The van der Waals surface area contributed by atoms with E-state index in [0.29, 0.717) is 5.92 Å². The minimum atomic E-state index is 0.160. The van der Waals surface area contributed by atoms with Gasteiger partial charge < -0.3 is 11.1 Å². The van der Waals surface area contributed by atoms with Crippen LogP contribution in [-0.4, -0.2) is 12.5 Å². The Labute approximate surface area is 109 Å². The van der Waals surface area contributed by atoms with E-state index in [0.717, 1.165) is 43.5 Å². The van der Waals surface area contributed by atoms with Gasteiger partial charge in [-0.15, -0.1) is 0 Å². The normalized spacial score (nSPS) is 23.7. The highest BCUT2D eigenvalue weighted by atomic mass is 16.1. The fraction of sp³-hybridized carbons (Fsp3) is 0.533. The number of hydrogen-bond acceptors (Lipinski definition) is 2. The van der Waals surface area contributed by atoms with Gasteiger partial charge in [0.25, 0.3) is 0 Å². The summed E-state index contributed by atoms with van der Waals surface area (Å²) >= 11 is 0. The summed E-state index contributed by atoms with van der Waals surface area (Å²) in [6, 6.07) is 7.91. The van der Waals surface area contributed by atoms with Crippen LogP contribution in [0.2, 0.25) is 0 Å². The molecular weight excluding hydrogens is 224 g/mol. The Morgan fingerprint density at radius 3 is 2.56 bits per heavy atom. The van der Waals surface area contributed by atoms with Crippen molar-refractivity contribution in [1.82, 2.24) is 0 Å². The van der Waals surface area contributed by atoms with Gasteiger partial charge in [-0.2, -0.15) is 0 Å². The lowest BCUT2D eigenvalue weighted by Gasteiger charge is -2.26. The molecule has 3 heteroatoms. The Hall–Kier alpha value is -1.35. The molecule has 0 saturated heterocycles. The second-order valence-electron chi connectivity index (χ2n) is 5.26. The van der Waals surface area contributed by atoms with E-state index in [1.165, 1.54) is 0 Å². The van der Waals surface area contributed by atoms with Crippen LogP contribution in [0, 0.1) is 18.8 Å². The highest BCUT2D eigenvalue weighted by Gasteiger charge is 2.25. The van der Waals surface area contributed by atoms with Crippen LogP contribution < -0.4 is 11.1 Å². The van der Waals surface area contributed by atoms with E-state index in [-0.39, 0.29) is 11.8 Å². The molecule has 0 radical (unpaired) electrons. The zero-order valence-electron chi connectivity index (χ0n) is 11.0. The number of aryl methyl sites for hydroxylation is 1. The SMILES string of the molecule is Cc1ccccc1NC(=O)[C@H]1CC[C@H](CN)CC1. The molecule has 0 aliphatic heterocycles. The third-order valence-corrected chi connectivity index (χ3v) is 3.95. The highest BCUT2D eigenvalue weighted by Crippen LogP contribution is 2.29. The average Bonchev–Trinajstić information content (AvgIpc) is 2.41. The largest absolute Gasteiger partial charge is 0.330 e. The molecule has 3 nitrogen and oxygen atoms in total. The van der Waals surface area contributed by atoms with Gasteiger partial charge in [-0.25, -0.2) is 0 Å². The lowest BCUT2D eigenvalue weighted by atomic mass is 9.81. The lowest BCUT2D eigenvalue weighted by Crippen LogP contribution is -2.29. The molecule has 0 heterocycles. The number of benzene rings is 1. The van der Waals surface area contributed by atoms with Crippen LogP contribution >= 0.6 is 0 Å². The van der Waals surface area contributed by atoms with E-state index in [4.69, 9.17) is 5.73 Å². The van der Waals surface area contributed by atoms with Crippen molar-refractivity contribution in [1.29, 1.82) is 0 Å². The second-order valence-corrected chi connectivity index (χ2v) is 5.26. The summed E-state index contributed by atoms with van der Waals surface area (Å²) in [6.45, 7) is 2.77. The molecule has 1 saturated carbocycles. The van der Waals surface area contributed by atoms with Crippen LogP contribution in [0.1, 0.15) is 31.2 Å². The zero-order chi connectivity index (χ0) is 13.0. The van der Waals surface area contributed by atoms with Crippen molar-refractivity contribution in [2.24, 2.45) is 17.6 Å². The molecule has 1 amide bonds. The van der Waals surface area contributed by atoms with Crippen LogP contribution in [0.3, 0.4) is 0 Å². The van der Waals surface area contributed by atoms with Crippen LogP contribution in [0.5, 0.6) is 0 Å². The first-order chi connectivity index (χ1) is 8.70. The molecule has 18 heavy (non-hydrogen) atoms. The summed E-state index contributed by atoms with van der Waals surface area (Å²) in [5.74, 6) is 0.944. The number of carbonyl (C=O) groups excluding carboxylic acids is 1. The topological polar surface area (TPSA) is 55.1 Å². The van der Waals surface area contributed by atoms with E-state index in [1.54, 1.807) is 0 Å². The first-order valence-corrected chi connectivity index (χ1v) is 6.77. The number of nitrogens with two attached hydrogens (primary N) is 1. The molecule has 2 rings (SSSR count). The highest BCUT2D eigenvalue weighted by molar-refractivity contribution is 5.93. The third kappa shape index (κ3) is 3.10. The van der Waals surface area contributed by atoms with Crippen molar-refractivity contribution < 1.29 is 4.79 Å². The van der Waals surface area contributed by atoms with Crippen LogP contribution in [0.15, 0.2) is 24.3 Å². The van der Waals surface area contributed by atoms with Gasteiger partial charge in [0.1, 0.15) is 0 Å². The molecule has 0 bridgehead atoms. The molecule has 1 aliphatic rings. The number of para-hydroxylation sites is 1. The minimum absolute atomic E-state index is 0.160. The van der Waals surface area contributed by atoms with Crippen LogP contribution in [-0.2, 0) is 4.79 Å². The number of hydrogen-bond donors (Lipinski definition) is 2. The Balaban J connectivity index is 1.91. The number of rotatable bonds is 3. The Kier molecular flexibility index (Phi) is 4.37. The quantitative estimate of drug-likeness (QED) is 0.861. The van der Waals surface area contributed by atoms with Crippen molar-refractivity contribution >= 4 is 11.6 Å². The molecule has 1 aliphatic carbocycles. The molecule has 1 fully saturated rings. The first-order valence-electron chi connectivity index (χ1n) is 6.77. The van der Waals surface area contributed by atoms with Gasteiger partial charge in [-0.05, 0) is 56.7 Å². The van der Waals surface area contributed by atoms with E-state index in [2.05, 4.69) is 5.32 Å². The predicted octanol–water partition coefficient (Wildman–Crippen LogP) is 2.70. The molecule has 0 aromatic heterocycles. The summed E-state index contributed by atoms with van der Waals surface area (Å²) in [7, 11) is 0. The molecule has 3 N–H and O–H groups in total. The maximum absolute atomic E-state index is 12.2. The lowest BCUT2D eigenvalue weighted by molar-refractivity contribution is -0.121. The van der Waals surface area contributed by atoms with Crippen LogP contribution in [0.25, 0.3) is 0 Å². The fourth-order valence-electron chi connectivity index (χ4n) is 2.61. The predicted molar refractivity (Wildman–Crippen MR) is 74.3 cm³/mol. The van der Waals surface area contributed by atoms with E-state index >= 15 is 0 Å². The number of amides is 1. The molecule has 1 aromatic rings. The Morgan fingerprint density at radius 1 is 1.28 bits per heavy atom. The maximum atomic E-state index is 12.2. The van der Waals surface area contributed by atoms with Crippen molar-refractivity contribution in [3.63, 3.8) is 0 Å². The van der Waals surface area contributed by atoms with Gasteiger partial charge in [0.05, 0.1) is 0 Å². The molecule has 0 atom stereocenters.